The molecule has 0 radical (unpaired) electrons. The van der Waals surface area contributed by atoms with Crippen LogP contribution in [0.4, 0.5) is 11.4 Å². The number of amides is 2. The Morgan fingerprint density at radius 2 is 1.77 bits per heavy atom. The van der Waals surface area contributed by atoms with Crippen molar-refractivity contribution < 1.29 is 14.3 Å². The number of imidazole rings is 1. The molecule has 3 aromatic carbocycles. The largest absolute Gasteiger partial charge is 0.484 e. The van der Waals surface area contributed by atoms with Crippen LogP contribution in [0, 0.1) is 0 Å². The number of piperidine rings is 1. The smallest absolute Gasteiger partial charge is 0.258 e. The van der Waals surface area contributed by atoms with Crippen LogP contribution in [0.3, 0.4) is 0 Å². The van der Waals surface area contributed by atoms with E-state index in [2.05, 4.69) is 27.3 Å². The maximum Gasteiger partial charge on any atom is 0.258 e. The summed E-state index contributed by atoms with van der Waals surface area (Å²) in [6.45, 7) is 2.76. The van der Waals surface area contributed by atoms with Gasteiger partial charge in [0.05, 0.1) is 17.6 Å². The molecule has 7 rings (SSSR count). The molecule has 2 N–H and O–H groups in total. The number of ether oxygens (including phenoxy) is 1. The zero-order chi connectivity index (χ0) is 26.3. The Kier molecular flexibility index (Phi) is 5.95. The molecule has 2 amide bonds. The SMILES string of the molecule is O=C(COc1ccc(-c2nc3ccc(N4Cc5cc(N6CCCCC6)ccc5C4=O)cc3[nH]2)cc1)NC1CC1. The van der Waals surface area contributed by atoms with Crippen molar-refractivity contribution in [3.63, 3.8) is 0 Å². The van der Waals surface area contributed by atoms with Gasteiger partial charge >= 0.3 is 0 Å². The molecule has 8 heteroatoms. The fourth-order valence-corrected chi connectivity index (χ4v) is 5.52. The molecule has 0 atom stereocenters. The predicted molar refractivity (Wildman–Crippen MR) is 151 cm³/mol. The van der Waals surface area contributed by atoms with Crippen molar-refractivity contribution in [2.45, 2.75) is 44.7 Å². The summed E-state index contributed by atoms with van der Waals surface area (Å²) in [5, 5.41) is 2.92. The number of rotatable bonds is 7. The van der Waals surface area contributed by atoms with Crippen LogP contribution in [0.2, 0.25) is 0 Å². The minimum Gasteiger partial charge on any atom is -0.484 e. The predicted octanol–water partition coefficient (Wildman–Crippen LogP) is 5.04. The minimum absolute atomic E-state index is 0.0158. The molecular weight excluding hydrogens is 490 g/mol. The Balaban J connectivity index is 1.06. The summed E-state index contributed by atoms with van der Waals surface area (Å²) in [5.74, 6) is 1.33. The lowest BCUT2D eigenvalue weighted by molar-refractivity contribution is -0.123. The molecule has 1 saturated heterocycles. The normalized spacial score (nSPS) is 17.0. The van der Waals surface area contributed by atoms with Crippen LogP contribution in [0.5, 0.6) is 5.75 Å². The van der Waals surface area contributed by atoms with Gasteiger partial charge in [-0.25, -0.2) is 4.98 Å². The summed E-state index contributed by atoms with van der Waals surface area (Å²) in [4.78, 5) is 37.6. The summed E-state index contributed by atoms with van der Waals surface area (Å²) in [6.07, 6.45) is 5.87. The number of H-pyrrole nitrogens is 1. The van der Waals surface area contributed by atoms with Crippen molar-refractivity contribution >= 4 is 34.2 Å². The van der Waals surface area contributed by atoms with E-state index in [9.17, 15) is 9.59 Å². The molecule has 3 heterocycles. The van der Waals surface area contributed by atoms with Gasteiger partial charge in [-0.05, 0) is 98.3 Å². The monoisotopic (exact) mass is 521 g/mol. The number of nitrogens with one attached hydrogen (secondary N) is 2. The van der Waals surface area contributed by atoms with E-state index in [1.54, 1.807) is 0 Å². The molecule has 8 nitrogen and oxygen atoms in total. The highest BCUT2D eigenvalue weighted by Gasteiger charge is 2.29. The average Bonchev–Trinajstić information content (AvgIpc) is 3.58. The number of aromatic nitrogens is 2. The van der Waals surface area contributed by atoms with E-state index >= 15 is 0 Å². The van der Waals surface area contributed by atoms with E-state index in [4.69, 9.17) is 9.72 Å². The first kappa shape index (κ1) is 23.8. The van der Waals surface area contributed by atoms with E-state index in [0.29, 0.717) is 18.3 Å². The second-order valence-corrected chi connectivity index (χ2v) is 10.7. The fourth-order valence-electron chi connectivity index (χ4n) is 5.52. The summed E-state index contributed by atoms with van der Waals surface area (Å²) >= 11 is 0. The lowest BCUT2D eigenvalue weighted by atomic mass is 10.1. The number of fused-ring (bicyclic) bond motifs is 2. The summed E-state index contributed by atoms with van der Waals surface area (Å²) in [7, 11) is 0. The molecular formula is C31H31N5O3. The van der Waals surface area contributed by atoms with Gasteiger partial charge in [-0.1, -0.05) is 0 Å². The van der Waals surface area contributed by atoms with Crippen LogP contribution < -0.4 is 19.9 Å². The Hall–Kier alpha value is -4.33. The van der Waals surface area contributed by atoms with E-state index in [0.717, 1.165) is 65.2 Å². The third-order valence-corrected chi connectivity index (χ3v) is 7.83. The molecule has 2 aliphatic heterocycles. The number of carbonyl (C=O) groups excluding carboxylic acids is 2. The molecule has 1 aromatic heterocycles. The van der Waals surface area contributed by atoms with Gasteiger partial charge in [-0.15, -0.1) is 0 Å². The molecule has 1 saturated carbocycles. The van der Waals surface area contributed by atoms with Crippen LogP contribution in [0.1, 0.15) is 48.0 Å². The van der Waals surface area contributed by atoms with Crippen molar-refractivity contribution in [2.24, 2.45) is 0 Å². The lowest BCUT2D eigenvalue weighted by Crippen LogP contribution is -2.30. The Morgan fingerprint density at radius 1 is 0.974 bits per heavy atom. The maximum atomic E-state index is 13.3. The first-order valence-corrected chi connectivity index (χ1v) is 13.8. The first-order chi connectivity index (χ1) is 19.1. The molecule has 198 valence electrons. The highest BCUT2D eigenvalue weighted by Crippen LogP contribution is 2.33. The number of hydrogen-bond donors (Lipinski definition) is 2. The zero-order valence-corrected chi connectivity index (χ0v) is 21.8. The summed E-state index contributed by atoms with van der Waals surface area (Å²) in [6, 6.07) is 20.1. The molecule has 39 heavy (non-hydrogen) atoms. The molecule has 1 aliphatic carbocycles. The van der Waals surface area contributed by atoms with Gasteiger partial charge in [0.15, 0.2) is 6.61 Å². The van der Waals surface area contributed by atoms with Gasteiger partial charge in [0, 0.05) is 41.6 Å². The highest BCUT2D eigenvalue weighted by atomic mass is 16.5. The van der Waals surface area contributed by atoms with Crippen LogP contribution in [-0.4, -0.2) is 47.5 Å². The summed E-state index contributed by atoms with van der Waals surface area (Å²) < 4.78 is 5.61. The van der Waals surface area contributed by atoms with Crippen LogP contribution >= 0.6 is 0 Å². The van der Waals surface area contributed by atoms with Gasteiger partial charge in [-0.2, -0.15) is 0 Å². The third-order valence-electron chi connectivity index (χ3n) is 7.83. The Morgan fingerprint density at radius 3 is 2.56 bits per heavy atom. The van der Waals surface area contributed by atoms with Gasteiger partial charge in [-0.3, -0.25) is 9.59 Å². The standard InChI is InChI=1S/C31H31N5O3/c37-29(32-22-6-7-22)19-39-25-10-4-20(5-11-25)30-33-27-13-9-24(17-28(27)34-30)36-18-21-16-23(8-12-26(21)31(36)38)35-14-2-1-3-15-35/h4-5,8-13,16-17,22H,1-3,6-7,14-15,18-19H2,(H,32,37)(H,33,34). The molecule has 0 unspecified atom stereocenters. The Labute approximate surface area is 227 Å². The number of benzene rings is 3. The van der Waals surface area contributed by atoms with Crippen molar-refractivity contribution in [2.75, 3.05) is 29.5 Å². The maximum absolute atomic E-state index is 13.3. The van der Waals surface area contributed by atoms with Crippen LogP contribution in [-0.2, 0) is 11.3 Å². The topological polar surface area (TPSA) is 90.6 Å². The fraction of sp³-hybridized carbons (Fsp3) is 0.323. The number of aromatic amines is 1. The molecule has 4 aromatic rings. The van der Waals surface area contributed by atoms with Crippen molar-refractivity contribution in [3.05, 3.63) is 71.8 Å². The third kappa shape index (κ3) is 4.82. The number of carbonyl (C=O) groups is 2. The highest BCUT2D eigenvalue weighted by molar-refractivity contribution is 6.10. The molecule has 3 aliphatic rings. The number of hydrogen-bond acceptors (Lipinski definition) is 5. The summed E-state index contributed by atoms with van der Waals surface area (Å²) in [5.41, 5.74) is 6.56. The number of anilines is 2. The van der Waals surface area contributed by atoms with E-state index < -0.39 is 0 Å². The van der Waals surface area contributed by atoms with Crippen LogP contribution in [0.25, 0.3) is 22.4 Å². The molecule has 0 spiro atoms. The van der Waals surface area contributed by atoms with Gasteiger partial charge < -0.3 is 24.8 Å². The van der Waals surface area contributed by atoms with Gasteiger partial charge in [0.2, 0.25) is 0 Å². The van der Waals surface area contributed by atoms with Crippen molar-refractivity contribution in [1.29, 1.82) is 0 Å². The van der Waals surface area contributed by atoms with Gasteiger partial charge in [0.1, 0.15) is 11.6 Å². The van der Waals surface area contributed by atoms with Crippen LogP contribution in [0.15, 0.2) is 60.7 Å². The average molecular weight is 522 g/mol. The second-order valence-electron chi connectivity index (χ2n) is 10.7. The first-order valence-electron chi connectivity index (χ1n) is 13.8. The van der Waals surface area contributed by atoms with Crippen molar-refractivity contribution in [3.8, 4) is 17.1 Å². The quantitative estimate of drug-likeness (QED) is 0.356. The van der Waals surface area contributed by atoms with Crippen molar-refractivity contribution in [1.82, 2.24) is 15.3 Å². The van der Waals surface area contributed by atoms with E-state index in [-0.39, 0.29) is 18.4 Å². The minimum atomic E-state index is -0.0864. The van der Waals surface area contributed by atoms with E-state index in [1.165, 1.54) is 24.9 Å². The molecule has 0 bridgehead atoms. The number of nitrogens with zero attached hydrogens (tertiary/aromatic N) is 3. The molecule has 2 fully saturated rings. The zero-order valence-electron chi connectivity index (χ0n) is 21.8. The lowest BCUT2D eigenvalue weighted by Gasteiger charge is -2.29. The second kappa shape index (κ2) is 9.76. The Bertz CT molecular complexity index is 1550. The van der Waals surface area contributed by atoms with Gasteiger partial charge in [0.25, 0.3) is 11.8 Å². The van der Waals surface area contributed by atoms with E-state index in [1.807, 2.05) is 53.4 Å².